The van der Waals surface area contributed by atoms with Gasteiger partial charge in [0.1, 0.15) is 17.8 Å². The van der Waals surface area contributed by atoms with Crippen LogP contribution >= 0.6 is 0 Å². The van der Waals surface area contributed by atoms with Gasteiger partial charge in [0.05, 0.1) is 0 Å². The monoisotopic (exact) mass is 508 g/mol. The third-order valence-electron chi connectivity index (χ3n) is 6.98. The van der Waals surface area contributed by atoms with Crippen LogP contribution in [0.1, 0.15) is 56.2 Å². The minimum atomic E-state index is -0.738. The molecule has 2 aromatic carbocycles. The number of carbonyl (C=O) groups excluding carboxylic acids is 2. The Balaban J connectivity index is 1.72. The topological polar surface area (TPSA) is 144 Å². The van der Waals surface area contributed by atoms with Gasteiger partial charge in [-0.3, -0.25) is 19.9 Å². The highest BCUT2D eigenvalue weighted by molar-refractivity contribution is 5.90. The molecule has 2 amide bonds. The van der Waals surface area contributed by atoms with E-state index in [-0.39, 0.29) is 30.1 Å². The first-order chi connectivity index (χ1) is 17.9. The second kappa shape index (κ2) is 14.2. The molecule has 3 rings (SSSR count). The van der Waals surface area contributed by atoms with E-state index in [1.807, 2.05) is 30.3 Å². The summed E-state index contributed by atoms with van der Waals surface area (Å²) in [6.45, 7) is 4.60. The number of nitrogens with two attached hydrogens (primary N) is 1. The molecule has 0 spiro atoms. The van der Waals surface area contributed by atoms with Crippen LogP contribution in [0.15, 0.2) is 54.6 Å². The van der Waals surface area contributed by atoms with Gasteiger partial charge in [-0.1, -0.05) is 55.8 Å². The third-order valence-corrected chi connectivity index (χ3v) is 6.98. The van der Waals surface area contributed by atoms with Crippen LogP contribution in [0.3, 0.4) is 0 Å². The molecule has 0 radical (unpaired) electrons. The maximum absolute atomic E-state index is 13.7. The summed E-state index contributed by atoms with van der Waals surface area (Å²) in [4.78, 5) is 29.1. The van der Waals surface area contributed by atoms with Crippen molar-refractivity contribution in [3.05, 3.63) is 65.7 Å². The largest absolute Gasteiger partial charge is 0.508 e. The number of hydrogen-bond acceptors (Lipinski definition) is 5. The lowest BCUT2D eigenvalue weighted by atomic mass is 9.92. The number of piperidine rings is 1. The molecule has 1 aliphatic rings. The van der Waals surface area contributed by atoms with Gasteiger partial charge in [-0.05, 0) is 68.0 Å². The van der Waals surface area contributed by atoms with Crippen molar-refractivity contribution in [2.45, 2.75) is 57.7 Å². The molecule has 0 aliphatic carbocycles. The zero-order valence-electron chi connectivity index (χ0n) is 21.6. The second-order valence-electron chi connectivity index (χ2n) is 9.63. The minimum Gasteiger partial charge on any atom is -0.508 e. The number of phenolic OH excluding ortho intramolecular Hbond substituents is 1. The minimum absolute atomic E-state index is 0.128. The van der Waals surface area contributed by atoms with E-state index in [1.165, 1.54) is 0 Å². The molecular formula is C28H40N6O3. The van der Waals surface area contributed by atoms with Crippen LogP contribution in [-0.4, -0.2) is 53.5 Å². The Kier molecular flexibility index (Phi) is 10.8. The lowest BCUT2D eigenvalue weighted by Crippen LogP contribution is -2.51. The van der Waals surface area contributed by atoms with E-state index in [0.717, 1.165) is 43.5 Å². The predicted octanol–water partition coefficient (Wildman–Crippen LogP) is 2.62. The molecule has 200 valence electrons. The number of benzene rings is 2. The summed E-state index contributed by atoms with van der Waals surface area (Å²) in [5.74, 6) is 0.249. The van der Waals surface area contributed by atoms with Crippen molar-refractivity contribution in [2.24, 2.45) is 11.7 Å². The highest BCUT2D eigenvalue weighted by atomic mass is 16.3. The third kappa shape index (κ3) is 8.78. The number of amides is 2. The number of nitrogens with zero attached hydrogens (tertiary/aromatic N) is 1. The van der Waals surface area contributed by atoms with Crippen molar-refractivity contribution < 1.29 is 14.7 Å². The molecule has 7 N–H and O–H groups in total. The summed E-state index contributed by atoms with van der Waals surface area (Å²) in [6.07, 6.45) is 4.20. The quantitative estimate of drug-likeness (QED) is 0.148. The van der Waals surface area contributed by atoms with Gasteiger partial charge in [-0.2, -0.15) is 0 Å². The van der Waals surface area contributed by atoms with Crippen LogP contribution in [0.25, 0.3) is 0 Å². The number of aromatic hydroxyl groups is 1. The number of phenols is 1. The molecule has 1 aliphatic heterocycles. The van der Waals surface area contributed by atoms with Crippen molar-refractivity contribution in [1.29, 1.82) is 5.41 Å². The zero-order chi connectivity index (χ0) is 26.6. The summed E-state index contributed by atoms with van der Waals surface area (Å²) < 4.78 is 0. The molecule has 9 nitrogen and oxygen atoms in total. The predicted molar refractivity (Wildman–Crippen MR) is 145 cm³/mol. The Morgan fingerprint density at radius 1 is 1.05 bits per heavy atom. The van der Waals surface area contributed by atoms with Crippen LogP contribution in [-0.2, 0) is 16.1 Å². The van der Waals surface area contributed by atoms with E-state index in [2.05, 4.69) is 27.8 Å². The Morgan fingerprint density at radius 2 is 1.73 bits per heavy atom. The first-order valence-electron chi connectivity index (χ1n) is 13.1. The van der Waals surface area contributed by atoms with Crippen LogP contribution < -0.4 is 21.7 Å². The van der Waals surface area contributed by atoms with Crippen molar-refractivity contribution in [2.75, 3.05) is 19.6 Å². The molecule has 0 aromatic heterocycles. The van der Waals surface area contributed by atoms with Crippen LogP contribution in [0, 0.1) is 11.3 Å². The van der Waals surface area contributed by atoms with Crippen molar-refractivity contribution in [3.63, 3.8) is 0 Å². The Morgan fingerprint density at radius 3 is 2.35 bits per heavy atom. The molecule has 1 saturated heterocycles. The van der Waals surface area contributed by atoms with Crippen molar-refractivity contribution >= 4 is 17.8 Å². The highest BCUT2D eigenvalue weighted by Crippen LogP contribution is 2.28. The summed E-state index contributed by atoms with van der Waals surface area (Å²) in [5.41, 5.74) is 7.14. The lowest BCUT2D eigenvalue weighted by molar-refractivity contribution is -0.133. The van der Waals surface area contributed by atoms with Gasteiger partial charge in [-0.15, -0.1) is 0 Å². The number of guanidine groups is 1. The summed E-state index contributed by atoms with van der Waals surface area (Å²) >= 11 is 0. The van der Waals surface area contributed by atoms with Crippen molar-refractivity contribution in [3.8, 4) is 5.75 Å². The van der Waals surface area contributed by atoms with E-state index in [9.17, 15) is 14.7 Å². The Bertz CT molecular complexity index is 1010. The molecular weight excluding hydrogens is 468 g/mol. The van der Waals surface area contributed by atoms with Crippen molar-refractivity contribution in [1.82, 2.24) is 20.9 Å². The molecule has 1 heterocycles. The van der Waals surface area contributed by atoms with Gasteiger partial charge in [0.2, 0.25) is 11.8 Å². The summed E-state index contributed by atoms with van der Waals surface area (Å²) in [6, 6.07) is 15.1. The normalized spacial score (nSPS) is 15.9. The van der Waals surface area contributed by atoms with Gasteiger partial charge in [0, 0.05) is 13.1 Å². The van der Waals surface area contributed by atoms with E-state index >= 15 is 0 Å². The van der Waals surface area contributed by atoms with Gasteiger partial charge >= 0.3 is 0 Å². The average molecular weight is 509 g/mol. The maximum atomic E-state index is 13.7. The average Bonchev–Trinajstić information content (AvgIpc) is 2.91. The lowest BCUT2D eigenvalue weighted by Gasteiger charge is -2.37. The molecule has 1 unspecified atom stereocenters. The highest BCUT2D eigenvalue weighted by Gasteiger charge is 2.33. The number of rotatable bonds is 12. The summed E-state index contributed by atoms with van der Waals surface area (Å²) in [5, 5.41) is 25.5. The number of likely N-dealkylation sites (tertiary alicyclic amines) is 1. The van der Waals surface area contributed by atoms with Gasteiger partial charge < -0.3 is 26.8 Å². The van der Waals surface area contributed by atoms with Crippen LogP contribution in [0.5, 0.6) is 5.75 Å². The van der Waals surface area contributed by atoms with Gasteiger partial charge in [-0.25, -0.2) is 0 Å². The van der Waals surface area contributed by atoms with E-state index in [0.29, 0.717) is 25.3 Å². The molecule has 2 aromatic rings. The van der Waals surface area contributed by atoms with Gasteiger partial charge in [0.15, 0.2) is 5.96 Å². The summed E-state index contributed by atoms with van der Waals surface area (Å²) in [7, 11) is 0. The molecule has 2 atom stereocenters. The fraction of sp³-hybridized carbons (Fsp3) is 0.464. The molecule has 37 heavy (non-hydrogen) atoms. The van der Waals surface area contributed by atoms with Crippen LogP contribution in [0.2, 0.25) is 0 Å². The fourth-order valence-corrected chi connectivity index (χ4v) is 4.76. The number of hydrogen-bond donors (Lipinski definition) is 6. The van der Waals surface area contributed by atoms with E-state index in [1.54, 1.807) is 24.3 Å². The Hall–Kier alpha value is -3.59. The molecule has 1 fully saturated rings. The zero-order valence-corrected chi connectivity index (χ0v) is 21.6. The molecule has 0 bridgehead atoms. The first-order valence-corrected chi connectivity index (χ1v) is 13.1. The number of nitrogens with one attached hydrogen (secondary N) is 4. The van der Waals surface area contributed by atoms with E-state index in [4.69, 9.17) is 11.1 Å². The molecule has 9 heteroatoms. The maximum Gasteiger partial charge on any atom is 0.242 e. The standard InChI is InChI=1S/C28H40N6O3/c1-2-20-14-17-34(18-15-20)25(22-7-4-3-5-8-22)27(37)33-24(9-6-16-31-28(29)30)26(36)32-19-21-10-12-23(35)13-11-21/h3-5,7-8,10-13,20,24-25,35H,2,6,9,14-19H2,1H3,(H,32,36)(H,33,37)(H4,29,30,31)/t24-,25?/m1/s1. The Labute approximate surface area is 219 Å². The fourth-order valence-electron chi connectivity index (χ4n) is 4.76. The van der Waals surface area contributed by atoms with Gasteiger partial charge in [0.25, 0.3) is 0 Å². The second-order valence-corrected chi connectivity index (χ2v) is 9.63. The smallest absolute Gasteiger partial charge is 0.242 e. The van der Waals surface area contributed by atoms with Crippen LogP contribution in [0.4, 0.5) is 0 Å². The van der Waals surface area contributed by atoms with E-state index < -0.39 is 12.1 Å². The number of carbonyl (C=O) groups is 2. The first kappa shape index (κ1) is 28.0. The SMILES string of the molecule is CCC1CCN(C(C(=O)N[C@H](CCCNC(=N)N)C(=O)NCc2ccc(O)cc2)c2ccccc2)CC1. The molecule has 0 saturated carbocycles.